The van der Waals surface area contributed by atoms with Crippen LogP contribution >= 0.6 is 12.2 Å². The van der Waals surface area contributed by atoms with Crippen molar-refractivity contribution in [3.05, 3.63) is 65.2 Å². The molecule has 2 aromatic carbocycles. The molecule has 0 radical (unpaired) electrons. The van der Waals surface area contributed by atoms with Gasteiger partial charge in [-0.2, -0.15) is 0 Å². The molecule has 0 saturated heterocycles. The van der Waals surface area contributed by atoms with Crippen LogP contribution in [0.5, 0.6) is 0 Å². The van der Waals surface area contributed by atoms with Gasteiger partial charge in [-0.15, -0.1) is 0 Å². The number of hydrogen-bond donors (Lipinski definition) is 0. The minimum Gasteiger partial charge on any atom is -0.335 e. The highest BCUT2D eigenvalue weighted by Crippen LogP contribution is 2.45. The molecule has 0 fully saturated rings. The molecule has 2 aliphatic rings. The summed E-state index contributed by atoms with van der Waals surface area (Å²) < 4.78 is 0. The van der Waals surface area contributed by atoms with Gasteiger partial charge in [0.15, 0.2) is 0 Å². The van der Waals surface area contributed by atoms with Crippen LogP contribution in [-0.4, -0.2) is 11.5 Å². The van der Waals surface area contributed by atoms with E-state index in [4.69, 9.17) is 12.2 Å². The summed E-state index contributed by atoms with van der Waals surface area (Å²) in [6.45, 7) is 1.08. The lowest BCUT2D eigenvalue weighted by Gasteiger charge is -2.27. The van der Waals surface area contributed by atoms with Crippen LogP contribution < -0.4 is 4.90 Å². The van der Waals surface area contributed by atoms with Crippen molar-refractivity contribution < 1.29 is 0 Å². The Labute approximate surface area is 118 Å². The van der Waals surface area contributed by atoms with Gasteiger partial charge in [-0.05, 0) is 29.5 Å². The average Bonchev–Trinajstić information content (AvgIpc) is 2.76. The molecule has 2 heteroatoms. The topological polar surface area (TPSA) is 3.24 Å². The van der Waals surface area contributed by atoms with E-state index in [1.165, 1.54) is 35.2 Å². The molecule has 19 heavy (non-hydrogen) atoms. The Morgan fingerprint density at radius 2 is 1.84 bits per heavy atom. The van der Waals surface area contributed by atoms with E-state index >= 15 is 0 Å². The van der Waals surface area contributed by atoms with Gasteiger partial charge in [0.05, 0.1) is 10.9 Å². The van der Waals surface area contributed by atoms with Crippen molar-refractivity contribution in [1.82, 2.24) is 0 Å². The summed E-state index contributed by atoms with van der Waals surface area (Å²) in [5, 5.41) is 0. The van der Waals surface area contributed by atoms with E-state index in [1.807, 2.05) is 0 Å². The summed E-state index contributed by atoms with van der Waals surface area (Å²) >= 11 is 5.77. The lowest BCUT2D eigenvalue weighted by Crippen LogP contribution is -2.31. The highest BCUT2D eigenvalue weighted by Gasteiger charge is 2.37. The van der Waals surface area contributed by atoms with Crippen LogP contribution in [0.15, 0.2) is 48.5 Å². The van der Waals surface area contributed by atoms with Crippen molar-refractivity contribution in [3.63, 3.8) is 0 Å². The summed E-state index contributed by atoms with van der Waals surface area (Å²) in [4.78, 5) is 3.44. The Hall–Kier alpha value is -1.67. The molecule has 4 rings (SSSR count). The van der Waals surface area contributed by atoms with Crippen LogP contribution in [0.25, 0.3) is 0 Å². The van der Waals surface area contributed by atoms with Gasteiger partial charge >= 0.3 is 0 Å². The molecule has 94 valence electrons. The van der Waals surface area contributed by atoms with Crippen molar-refractivity contribution in [2.24, 2.45) is 0 Å². The summed E-state index contributed by atoms with van der Waals surface area (Å²) in [7, 11) is 0. The van der Waals surface area contributed by atoms with Crippen molar-refractivity contribution in [2.45, 2.75) is 18.8 Å². The molecule has 0 N–H and O–H groups in total. The molecule has 0 aromatic heterocycles. The summed E-state index contributed by atoms with van der Waals surface area (Å²) in [5.74, 6) is 0.268. The molecule has 0 bridgehead atoms. The molecule has 0 saturated carbocycles. The van der Waals surface area contributed by atoms with Crippen LogP contribution in [0.3, 0.4) is 0 Å². The number of nitrogens with zero attached hydrogens (tertiary/aromatic N) is 1. The van der Waals surface area contributed by atoms with Crippen molar-refractivity contribution in [3.8, 4) is 0 Å². The van der Waals surface area contributed by atoms with Crippen LogP contribution in [-0.2, 0) is 6.42 Å². The predicted molar refractivity (Wildman–Crippen MR) is 83.0 cm³/mol. The van der Waals surface area contributed by atoms with Crippen LogP contribution in [0.2, 0.25) is 0 Å². The molecule has 0 aliphatic carbocycles. The standard InChI is InChI=1S/C17H15NS/c19-17-15(12-6-2-1-3-7-12)14-10-4-8-13-9-5-11-18(17)16(13)14/h1-4,6-8,10,15H,5,9,11H2/t15-/m0/s1. The first-order valence-electron chi connectivity index (χ1n) is 6.84. The number of benzene rings is 2. The van der Waals surface area contributed by atoms with E-state index < -0.39 is 0 Å². The van der Waals surface area contributed by atoms with Crippen molar-refractivity contribution in [1.29, 1.82) is 0 Å². The molecular formula is C17H15NS. The first kappa shape index (κ1) is 11.2. The van der Waals surface area contributed by atoms with E-state index in [0.29, 0.717) is 0 Å². The van der Waals surface area contributed by atoms with Crippen LogP contribution in [0.1, 0.15) is 29.0 Å². The third-order valence-corrected chi connectivity index (χ3v) is 4.66. The number of aryl methyl sites for hydroxylation is 1. The largest absolute Gasteiger partial charge is 0.335 e. The third-order valence-electron chi connectivity index (χ3n) is 4.21. The van der Waals surface area contributed by atoms with Gasteiger partial charge in [0.1, 0.15) is 0 Å². The Kier molecular flexibility index (Phi) is 2.46. The predicted octanol–water partition coefficient (Wildman–Crippen LogP) is 3.91. The first-order chi connectivity index (χ1) is 9.36. The second-order valence-electron chi connectivity index (χ2n) is 5.29. The molecule has 0 spiro atoms. The summed E-state index contributed by atoms with van der Waals surface area (Å²) in [5.41, 5.74) is 5.57. The van der Waals surface area contributed by atoms with E-state index in [9.17, 15) is 0 Å². The summed E-state index contributed by atoms with van der Waals surface area (Å²) in [6, 6.07) is 17.3. The van der Waals surface area contributed by atoms with Gasteiger partial charge in [0.2, 0.25) is 0 Å². The lowest BCUT2D eigenvalue weighted by atomic mass is 9.91. The number of para-hydroxylation sites is 1. The normalized spacial score (nSPS) is 20.5. The Balaban J connectivity index is 1.93. The Morgan fingerprint density at radius 1 is 1.00 bits per heavy atom. The monoisotopic (exact) mass is 265 g/mol. The number of rotatable bonds is 1. The molecule has 1 nitrogen and oxygen atoms in total. The summed E-state index contributed by atoms with van der Waals surface area (Å²) in [6.07, 6.45) is 2.39. The van der Waals surface area contributed by atoms with E-state index in [2.05, 4.69) is 53.4 Å². The second-order valence-corrected chi connectivity index (χ2v) is 5.71. The van der Waals surface area contributed by atoms with Crippen molar-refractivity contribution >= 4 is 22.9 Å². The van der Waals surface area contributed by atoms with Crippen LogP contribution in [0, 0.1) is 0 Å². The zero-order valence-corrected chi connectivity index (χ0v) is 11.5. The molecule has 0 amide bonds. The lowest BCUT2D eigenvalue weighted by molar-refractivity contribution is 0.786. The minimum absolute atomic E-state index is 0.268. The highest BCUT2D eigenvalue weighted by atomic mass is 32.1. The fraction of sp³-hybridized carbons (Fsp3) is 0.235. The number of hydrogen-bond acceptors (Lipinski definition) is 1. The zero-order chi connectivity index (χ0) is 12.8. The van der Waals surface area contributed by atoms with Gasteiger partial charge in [0, 0.05) is 12.2 Å². The van der Waals surface area contributed by atoms with Gasteiger partial charge in [-0.1, -0.05) is 60.7 Å². The second kappa shape index (κ2) is 4.17. The molecule has 0 unspecified atom stereocenters. The molecule has 2 heterocycles. The van der Waals surface area contributed by atoms with Crippen LogP contribution in [0.4, 0.5) is 5.69 Å². The van der Waals surface area contributed by atoms with Crippen molar-refractivity contribution in [2.75, 3.05) is 11.4 Å². The zero-order valence-electron chi connectivity index (χ0n) is 10.7. The van der Waals surface area contributed by atoms with Gasteiger partial charge < -0.3 is 4.90 Å². The van der Waals surface area contributed by atoms with E-state index in [0.717, 1.165) is 11.5 Å². The molecular weight excluding hydrogens is 250 g/mol. The number of thiocarbonyl (C=S) groups is 1. The average molecular weight is 265 g/mol. The molecule has 2 aromatic rings. The molecule has 1 atom stereocenters. The maximum Gasteiger partial charge on any atom is 0.0945 e. The Morgan fingerprint density at radius 3 is 2.68 bits per heavy atom. The fourth-order valence-electron chi connectivity index (χ4n) is 3.39. The van der Waals surface area contributed by atoms with E-state index in [-0.39, 0.29) is 5.92 Å². The highest BCUT2D eigenvalue weighted by molar-refractivity contribution is 7.80. The van der Waals surface area contributed by atoms with Gasteiger partial charge in [0.25, 0.3) is 0 Å². The quantitative estimate of drug-likeness (QED) is 0.719. The van der Waals surface area contributed by atoms with Gasteiger partial charge in [-0.3, -0.25) is 0 Å². The third kappa shape index (κ3) is 1.56. The van der Waals surface area contributed by atoms with E-state index in [1.54, 1.807) is 0 Å². The van der Waals surface area contributed by atoms with Gasteiger partial charge in [-0.25, -0.2) is 0 Å². The smallest absolute Gasteiger partial charge is 0.0945 e. The maximum absolute atomic E-state index is 5.77. The fourth-order valence-corrected chi connectivity index (χ4v) is 3.84. The Bertz CT molecular complexity index is 648. The SMILES string of the molecule is S=C1[C@@H](c2ccccc2)c2cccc3c2N1CCC3. The first-order valence-corrected chi connectivity index (χ1v) is 7.25. The molecule has 2 aliphatic heterocycles. The minimum atomic E-state index is 0.268. The maximum atomic E-state index is 5.77. The number of anilines is 1.